The summed E-state index contributed by atoms with van der Waals surface area (Å²) in [6.45, 7) is 0. The second kappa shape index (κ2) is 5.68. The Morgan fingerprint density at radius 3 is 2.26 bits per heavy atom. The number of amides is 1. The maximum atomic E-state index is 13.0. The molecule has 0 aromatic heterocycles. The predicted octanol–water partition coefficient (Wildman–Crippen LogP) is 2.88. The molecule has 0 radical (unpaired) electrons. The smallest absolute Gasteiger partial charge is 0.295 e. The summed E-state index contributed by atoms with van der Waals surface area (Å²) in [5.41, 5.74) is 1.02. The van der Waals surface area contributed by atoms with Gasteiger partial charge in [0.2, 0.25) is 0 Å². The van der Waals surface area contributed by atoms with Crippen molar-refractivity contribution in [2.75, 3.05) is 7.05 Å². The van der Waals surface area contributed by atoms with Gasteiger partial charge in [-0.15, -0.1) is 0 Å². The summed E-state index contributed by atoms with van der Waals surface area (Å²) in [4.78, 5) is 25.7. The lowest BCUT2D eigenvalue weighted by Gasteiger charge is -2.20. The van der Waals surface area contributed by atoms with Crippen molar-refractivity contribution in [3.8, 4) is 0 Å². The third-order valence-electron chi connectivity index (χ3n) is 3.91. The van der Waals surface area contributed by atoms with Gasteiger partial charge in [-0.2, -0.15) is 0 Å². The number of aliphatic hydroxyl groups excluding tert-OH is 1. The maximum Gasteiger partial charge on any atom is 0.295 e. The standard InChI is InChI=1S/C18H14FNO3/c1-20-15(11-5-3-2-4-6-11)14(17(22)18(20)23)16(21)12-7-9-13(19)10-8-12/h2-10,15,21H,1H3/b16-14+. The van der Waals surface area contributed by atoms with Crippen LogP contribution >= 0.6 is 0 Å². The molecule has 1 aliphatic rings. The molecule has 2 aromatic carbocycles. The molecular weight excluding hydrogens is 297 g/mol. The topological polar surface area (TPSA) is 57.6 Å². The summed E-state index contributed by atoms with van der Waals surface area (Å²) in [6, 6.07) is 13.4. The fraction of sp³-hybridized carbons (Fsp3) is 0.111. The first-order valence-electron chi connectivity index (χ1n) is 7.06. The molecule has 5 heteroatoms. The van der Waals surface area contributed by atoms with Gasteiger partial charge in [0.15, 0.2) is 0 Å². The highest BCUT2D eigenvalue weighted by molar-refractivity contribution is 6.46. The van der Waals surface area contributed by atoms with E-state index in [0.717, 1.165) is 5.56 Å². The summed E-state index contributed by atoms with van der Waals surface area (Å²) in [6.07, 6.45) is 0. The van der Waals surface area contributed by atoms with Gasteiger partial charge in [0.1, 0.15) is 11.6 Å². The van der Waals surface area contributed by atoms with E-state index in [2.05, 4.69) is 0 Å². The second-order valence-corrected chi connectivity index (χ2v) is 5.33. The summed E-state index contributed by atoms with van der Waals surface area (Å²) in [5.74, 6) is -2.18. The van der Waals surface area contributed by atoms with Gasteiger partial charge in [-0.3, -0.25) is 9.59 Å². The number of ketones is 1. The first-order valence-corrected chi connectivity index (χ1v) is 7.06. The average Bonchev–Trinajstić information content (AvgIpc) is 2.80. The number of rotatable bonds is 2. The average molecular weight is 311 g/mol. The minimum atomic E-state index is -0.747. The van der Waals surface area contributed by atoms with Crippen LogP contribution < -0.4 is 0 Å². The Hall–Kier alpha value is -2.95. The highest BCUT2D eigenvalue weighted by Gasteiger charge is 2.44. The Morgan fingerprint density at radius 1 is 1.04 bits per heavy atom. The van der Waals surface area contributed by atoms with Crippen LogP contribution in [0, 0.1) is 5.82 Å². The van der Waals surface area contributed by atoms with Crippen LogP contribution in [0.25, 0.3) is 5.76 Å². The monoisotopic (exact) mass is 311 g/mol. The normalized spacial score (nSPS) is 20.1. The predicted molar refractivity (Wildman–Crippen MR) is 82.9 cm³/mol. The Labute approximate surface area is 132 Å². The van der Waals surface area contributed by atoms with Crippen molar-refractivity contribution < 1.29 is 19.1 Å². The first-order chi connectivity index (χ1) is 11.0. The van der Waals surface area contributed by atoms with E-state index in [9.17, 15) is 19.1 Å². The molecule has 3 rings (SSSR count). The number of halogens is 1. The van der Waals surface area contributed by atoms with Gasteiger partial charge >= 0.3 is 0 Å². The highest BCUT2D eigenvalue weighted by Crippen LogP contribution is 2.38. The molecule has 1 atom stereocenters. The number of likely N-dealkylation sites (tertiary alicyclic amines) is 1. The largest absolute Gasteiger partial charge is 0.507 e. The minimum Gasteiger partial charge on any atom is -0.507 e. The van der Waals surface area contributed by atoms with Gasteiger partial charge in [0.25, 0.3) is 11.7 Å². The molecule has 1 N–H and O–H groups in total. The molecule has 1 amide bonds. The van der Waals surface area contributed by atoms with Crippen molar-refractivity contribution in [1.82, 2.24) is 4.90 Å². The Bertz CT molecular complexity index is 797. The third-order valence-corrected chi connectivity index (χ3v) is 3.91. The van der Waals surface area contributed by atoms with E-state index in [0.29, 0.717) is 5.56 Å². The molecule has 1 heterocycles. The number of carbonyl (C=O) groups is 2. The summed E-state index contributed by atoms with van der Waals surface area (Å²) >= 11 is 0. The van der Waals surface area contributed by atoms with Crippen molar-refractivity contribution in [3.63, 3.8) is 0 Å². The number of aliphatic hydroxyl groups is 1. The second-order valence-electron chi connectivity index (χ2n) is 5.33. The molecular formula is C18H14FNO3. The summed E-state index contributed by atoms with van der Waals surface area (Å²) < 4.78 is 13.0. The molecule has 1 aliphatic heterocycles. The molecule has 23 heavy (non-hydrogen) atoms. The van der Waals surface area contributed by atoms with Gasteiger partial charge in [-0.05, 0) is 29.8 Å². The van der Waals surface area contributed by atoms with E-state index in [1.165, 1.54) is 36.2 Å². The number of Topliss-reactive ketones (excluding diaryl/α,β-unsaturated/α-hetero) is 1. The zero-order valence-corrected chi connectivity index (χ0v) is 12.4. The van der Waals surface area contributed by atoms with E-state index in [-0.39, 0.29) is 11.3 Å². The lowest BCUT2D eigenvalue weighted by molar-refractivity contribution is -0.139. The molecule has 116 valence electrons. The fourth-order valence-electron chi connectivity index (χ4n) is 2.74. The molecule has 2 aromatic rings. The molecule has 1 unspecified atom stereocenters. The van der Waals surface area contributed by atoms with Gasteiger partial charge in [-0.25, -0.2) is 4.39 Å². The quantitative estimate of drug-likeness (QED) is 0.527. The molecule has 1 saturated heterocycles. The third kappa shape index (κ3) is 2.50. The van der Waals surface area contributed by atoms with E-state index < -0.39 is 23.5 Å². The van der Waals surface area contributed by atoms with Crippen LogP contribution in [0.15, 0.2) is 60.2 Å². The van der Waals surface area contributed by atoms with E-state index in [4.69, 9.17) is 0 Å². The first kappa shape index (κ1) is 15.0. The fourth-order valence-corrected chi connectivity index (χ4v) is 2.74. The van der Waals surface area contributed by atoms with Crippen LogP contribution in [-0.2, 0) is 9.59 Å². The number of hydrogen-bond acceptors (Lipinski definition) is 3. The number of carbonyl (C=O) groups excluding carboxylic acids is 2. The minimum absolute atomic E-state index is 0.00954. The molecule has 0 spiro atoms. The van der Waals surface area contributed by atoms with Crippen molar-refractivity contribution >= 4 is 17.4 Å². The number of benzene rings is 2. The SMILES string of the molecule is CN1C(=O)C(=O)/C(=C(/O)c2ccc(F)cc2)C1c1ccccc1. The zero-order chi connectivity index (χ0) is 16.6. The van der Waals surface area contributed by atoms with Crippen LogP contribution in [0.3, 0.4) is 0 Å². The van der Waals surface area contributed by atoms with Crippen LogP contribution in [0.5, 0.6) is 0 Å². The van der Waals surface area contributed by atoms with Gasteiger partial charge in [0.05, 0.1) is 11.6 Å². The maximum absolute atomic E-state index is 13.0. The van der Waals surface area contributed by atoms with Gasteiger partial charge in [-0.1, -0.05) is 30.3 Å². The van der Waals surface area contributed by atoms with Crippen molar-refractivity contribution in [1.29, 1.82) is 0 Å². The molecule has 0 bridgehead atoms. The van der Waals surface area contributed by atoms with Gasteiger partial charge in [0, 0.05) is 12.6 Å². The van der Waals surface area contributed by atoms with Crippen molar-refractivity contribution in [2.45, 2.75) is 6.04 Å². The Morgan fingerprint density at radius 2 is 1.65 bits per heavy atom. The molecule has 0 aliphatic carbocycles. The zero-order valence-electron chi connectivity index (χ0n) is 12.4. The number of likely N-dealkylation sites (N-methyl/N-ethyl adjacent to an activating group) is 1. The Balaban J connectivity index is 2.17. The van der Waals surface area contributed by atoms with Crippen LogP contribution in [0.4, 0.5) is 4.39 Å². The van der Waals surface area contributed by atoms with Crippen LogP contribution in [-0.4, -0.2) is 28.7 Å². The number of hydrogen-bond donors (Lipinski definition) is 1. The van der Waals surface area contributed by atoms with E-state index >= 15 is 0 Å². The molecule has 1 fully saturated rings. The van der Waals surface area contributed by atoms with Crippen LogP contribution in [0.1, 0.15) is 17.2 Å². The van der Waals surface area contributed by atoms with Crippen LogP contribution in [0.2, 0.25) is 0 Å². The van der Waals surface area contributed by atoms with E-state index in [1.807, 2.05) is 6.07 Å². The highest BCUT2D eigenvalue weighted by atomic mass is 19.1. The van der Waals surface area contributed by atoms with Gasteiger partial charge < -0.3 is 10.0 Å². The van der Waals surface area contributed by atoms with Crippen molar-refractivity contribution in [3.05, 3.63) is 77.1 Å². The lowest BCUT2D eigenvalue weighted by atomic mass is 9.95. The van der Waals surface area contributed by atoms with Crippen molar-refractivity contribution in [2.24, 2.45) is 0 Å². The lowest BCUT2D eigenvalue weighted by Crippen LogP contribution is -2.24. The summed E-state index contributed by atoms with van der Waals surface area (Å²) in [5, 5.41) is 10.5. The summed E-state index contributed by atoms with van der Waals surface area (Å²) in [7, 11) is 1.52. The Kier molecular flexibility index (Phi) is 3.70. The van der Waals surface area contributed by atoms with E-state index in [1.54, 1.807) is 24.3 Å². The molecule has 4 nitrogen and oxygen atoms in total. The molecule has 0 saturated carbocycles. The number of nitrogens with zero attached hydrogens (tertiary/aromatic N) is 1.